The molecule has 0 aromatic heterocycles. The molecule has 0 atom stereocenters. The summed E-state index contributed by atoms with van der Waals surface area (Å²) in [5.41, 5.74) is 0.798. The molecule has 4 saturated carbocycles. The number of esters is 2. The molecule has 0 aliphatic heterocycles. The minimum atomic E-state index is -0.395. The molecule has 33 heavy (non-hydrogen) atoms. The van der Waals surface area contributed by atoms with Gasteiger partial charge in [-0.05, 0) is 93.4 Å². The molecule has 0 radical (unpaired) electrons. The largest absolute Gasteiger partial charge is 0.463 e. The third-order valence-electron chi connectivity index (χ3n) is 7.07. The first-order valence-electron chi connectivity index (χ1n) is 12.1. The lowest BCUT2D eigenvalue weighted by molar-refractivity contribution is -0.137. The summed E-state index contributed by atoms with van der Waals surface area (Å²) in [6, 6.07) is 6.76. The zero-order valence-corrected chi connectivity index (χ0v) is 19.3. The zero-order valence-electron chi connectivity index (χ0n) is 19.3. The molecule has 2 N–H and O–H groups in total. The second-order valence-electron chi connectivity index (χ2n) is 9.81. The van der Waals surface area contributed by atoms with Gasteiger partial charge in [-0.1, -0.05) is 12.1 Å². The number of hydrogen-bond acceptors (Lipinski definition) is 5. The van der Waals surface area contributed by atoms with Crippen LogP contribution in [0.15, 0.2) is 30.3 Å². The number of urea groups is 1. The molecule has 4 bridgehead atoms. The molecule has 4 aliphatic rings. The Balaban J connectivity index is 1.13. The number of amides is 2. The first-order chi connectivity index (χ1) is 15.9. The molecule has 0 unspecified atom stereocenters. The predicted octanol–water partition coefficient (Wildman–Crippen LogP) is 4.22. The van der Waals surface area contributed by atoms with Crippen molar-refractivity contribution in [1.29, 1.82) is 0 Å². The first kappa shape index (κ1) is 23.3. The summed E-state index contributed by atoms with van der Waals surface area (Å²) < 4.78 is 10.2. The molecule has 2 amide bonds. The SMILES string of the molecule is CCOC(=O)C=Cc1ccc(OC(=O)CCCNC(=O)NC23CC4CC(CC(C4)C2)C3)cc1. The van der Waals surface area contributed by atoms with Crippen LogP contribution in [0.1, 0.15) is 63.9 Å². The number of nitrogens with one attached hydrogen (secondary N) is 2. The van der Waals surface area contributed by atoms with Crippen molar-refractivity contribution >= 4 is 24.0 Å². The Morgan fingerprint density at radius 2 is 1.67 bits per heavy atom. The van der Waals surface area contributed by atoms with Crippen molar-refractivity contribution in [2.45, 2.75) is 63.8 Å². The van der Waals surface area contributed by atoms with Crippen LogP contribution in [0.5, 0.6) is 5.75 Å². The van der Waals surface area contributed by atoms with Gasteiger partial charge >= 0.3 is 18.0 Å². The quantitative estimate of drug-likeness (QED) is 0.252. The molecule has 178 valence electrons. The Hall–Kier alpha value is -2.83. The summed E-state index contributed by atoms with van der Waals surface area (Å²) in [6.45, 7) is 2.52. The van der Waals surface area contributed by atoms with Gasteiger partial charge in [0.25, 0.3) is 0 Å². The van der Waals surface area contributed by atoms with Crippen molar-refractivity contribution in [2.75, 3.05) is 13.2 Å². The van der Waals surface area contributed by atoms with Gasteiger partial charge in [0.15, 0.2) is 0 Å². The second kappa shape index (κ2) is 10.4. The molecule has 7 heteroatoms. The molecule has 0 heterocycles. The van der Waals surface area contributed by atoms with Crippen LogP contribution < -0.4 is 15.4 Å². The maximum Gasteiger partial charge on any atom is 0.330 e. The Labute approximate surface area is 195 Å². The molecule has 1 aromatic rings. The van der Waals surface area contributed by atoms with E-state index in [1.54, 1.807) is 37.3 Å². The highest BCUT2D eigenvalue weighted by atomic mass is 16.5. The maximum absolute atomic E-state index is 12.5. The van der Waals surface area contributed by atoms with Crippen molar-refractivity contribution in [2.24, 2.45) is 17.8 Å². The van der Waals surface area contributed by atoms with E-state index < -0.39 is 5.97 Å². The van der Waals surface area contributed by atoms with E-state index in [1.807, 2.05) is 0 Å². The van der Waals surface area contributed by atoms with Crippen LogP contribution in [-0.4, -0.2) is 36.7 Å². The van der Waals surface area contributed by atoms with Crippen molar-refractivity contribution < 1.29 is 23.9 Å². The van der Waals surface area contributed by atoms with Gasteiger partial charge in [0.1, 0.15) is 5.75 Å². The average molecular weight is 455 g/mol. The number of hydrogen-bond donors (Lipinski definition) is 2. The highest BCUT2D eigenvalue weighted by molar-refractivity contribution is 5.87. The Kier molecular flexibility index (Phi) is 7.36. The lowest BCUT2D eigenvalue weighted by Gasteiger charge is -2.56. The van der Waals surface area contributed by atoms with Crippen LogP contribution in [0.25, 0.3) is 6.08 Å². The lowest BCUT2D eigenvalue weighted by Crippen LogP contribution is -2.61. The summed E-state index contributed by atoms with van der Waals surface area (Å²) in [5, 5.41) is 6.19. The van der Waals surface area contributed by atoms with E-state index in [1.165, 1.54) is 25.3 Å². The third kappa shape index (κ3) is 6.36. The van der Waals surface area contributed by atoms with E-state index in [9.17, 15) is 14.4 Å². The van der Waals surface area contributed by atoms with Gasteiger partial charge in [0.2, 0.25) is 0 Å². The van der Waals surface area contributed by atoms with Gasteiger partial charge in [-0.3, -0.25) is 4.79 Å². The third-order valence-corrected chi connectivity index (χ3v) is 7.07. The van der Waals surface area contributed by atoms with E-state index in [0.29, 0.717) is 25.3 Å². The summed E-state index contributed by atoms with van der Waals surface area (Å²) in [6.07, 6.45) is 11.1. The summed E-state index contributed by atoms with van der Waals surface area (Å²) in [4.78, 5) is 35.9. The monoisotopic (exact) mass is 454 g/mol. The topological polar surface area (TPSA) is 93.7 Å². The fourth-order valence-corrected chi connectivity index (χ4v) is 6.17. The van der Waals surface area contributed by atoms with Gasteiger partial charge in [0, 0.05) is 24.6 Å². The Morgan fingerprint density at radius 3 is 2.27 bits per heavy atom. The minimum Gasteiger partial charge on any atom is -0.463 e. The molecular weight excluding hydrogens is 420 g/mol. The summed E-state index contributed by atoms with van der Waals surface area (Å²) in [5.74, 6) is 2.07. The predicted molar refractivity (Wildman–Crippen MR) is 124 cm³/mol. The maximum atomic E-state index is 12.5. The van der Waals surface area contributed by atoms with Crippen LogP contribution in [-0.2, 0) is 14.3 Å². The zero-order chi connectivity index (χ0) is 23.3. The lowest BCUT2D eigenvalue weighted by atomic mass is 9.53. The van der Waals surface area contributed by atoms with Gasteiger partial charge in [-0.2, -0.15) is 0 Å². The number of carbonyl (C=O) groups is 3. The highest BCUT2D eigenvalue weighted by Crippen LogP contribution is 2.55. The normalized spacial score (nSPS) is 27.4. The van der Waals surface area contributed by atoms with Gasteiger partial charge < -0.3 is 20.1 Å². The van der Waals surface area contributed by atoms with Crippen LogP contribution in [0.2, 0.25) is 0 Å². The van der Waals surface area contributed by atoms with Crippen LogP contribution >= 0.6 is 0 Å². The summed E-state index contributed by atoms with van der Waals surface area (Å²) >= 11 is 0. The van der Waals surface area contributed by atoms with E-state index in [4.69, 9.17) is 9.47 Å². The minimum absolute atomic E-state index is 0.00454. The van der Waals surface area contributed by atoms with E-state index in [-0.39, 0.29) is 24.0 Å². The van der Waals surface area contributed by atoms with Crippen molar-refractivity contribution in [3.8, 4) is 5.75 Å². The number of rotatable bonds is 9. The molecule has 7 nitrogen and oxygen atoms in total. The second-order valence-corrected chi connectivity index (χ2v) is 9.81. The smallest absolute Gasteiger partial charge is 0.330 e. The fraction of sp³-hybridized carbons (Fsp3) is 0.577. The molecular formula is C26H34N2O5. The standard InChI is InChI=1S/C26H34N2O5/c1-2-32-23(29)10-7-18-5-8-22(9-6-18)33-24(30)4-3-11-27-25(31)28-26-15-19-12-20(16-26)14-21(13-19)17-26/h5-10,19-21H,2-4,11-17H2,1H3,(H2,27,28,31). The molecule has 1 aromatic carbocycles. The molecule has 0 spiro atoms. The average Bonchev–Trinajstić information content (AvgIpc) is 2.75. The van der Waals surface area contributed by atoms with E-state index in [2.05, 4.69) is 10.6 Å². The highest BCUT2D eigenvalue weighted by Gasteiger charge is 2.51. The number of benzene rings is 1. The van der Waals surface area contributed by atoms with Crippen LogP contribution in [0.4, 0.5) is 4.79 Å². The van der Waals surface area contributed by atoms with Crippen LogP contribution in [0.3, 0.4) is 0 Å². The van der Waals surface area contributed by atoms with Crippen LogP contribution in [0, 0.1) is 17.8 Å². The fourth-order valence-electron chi connectivity index (χ4n) is 6.17. The number of ether oxygens (including phenoxy) is 2. The molecule has 0 saturated heterocycles. The molecule has 4 fully saturated rings. The molecule has 4 aliphatic carbocycles. The van der Waals surface area contributed by atoms with Crippen molar-refractivity contribution in [1.82, 2.24) is 10.6 Å². The number of carbonyl (C=O) groups excluding carboxylic acids is 3. The van der Waals surface area contributed by atoms with E-state index in [0.717, 1.165) is 42.6 Å². The van der Waals surface area contributed by atoms with Gasteiger partial charge in [0.05, 0.1) is 6.61 Å². The Bertz CT molecular complexity index is 857. The van der Waals surface area contributed by atoms with Crippen molar-refractivity contribution in [3.05, 3.63) is 35.9 Å². The van der Waals surface area contributed by atoms with Crippen molar-refractivity contribution in [3.63, 3.8) is 0 Å². The van der Waals surface area contributed by atoms with Gasteiger partial charge in [-0.25, -0.2) is 9.59 Å². The van der Waals surface area contributed by atoms with Gasteiger partial charge in [-0.15, -0.1) is 0 Å². The molecule has 5 rings (SSSR count). The Morgan fingerprint density at radius 1 is 1.03 bits per heavy atom. The first-order valence-corrected chi connectivity index (χ1v) is 12.1. The summed E-state index contributed by atoms with van der Waals surface area (Å²) in [7, 11) is 0. The van der Waals surface area contributed by atoms with E-state index >= 15 is 0 Å².